The lowest BCUT2D eigenvalue weighted by molar-refractivity contribution is 0.0564. The summed E-state index contributed by atoms with van der Waals surface area (Å²) in [6, 6.07) is 14.2. The van der Waals surface area contributed by atoms with Crippen LogP contribution in [0.2, 0.25) is 0 Å². The van der Waals surface area contributed by atoms with Crippen LogP contribution in [0.5, 0.6) is 5.75 Å². The number of anilines is 2. The van der Waals surface area contributed by atoms with Crippen molar-refractivity contribution in [2.75, 3.05) is 49.6 Å². The molecule has 0 atom stereocenters. The van der Waals surface area contributed by atoms with E-state index in [1.54, 1.807) is 4.90 Å². The second-order valence-corrected chi connectivity index (χ2v) is 10.0. The quantitative estimate of drug-likeness (QED) is 0.549. The van der Waals surface area contributed by atoms with E-state index in [-0.39, 0.29) is 11.6 Å². The second kappa shape index (κ2) is 9.94. The molecule has 3 N–H and O–H groups in total. The van der Waals surface area contributed by atoms with E-state index in [1.165, 1.54) is 18.0 Å². The van der Waals surface area contributed by atoms with Gasteiger partial charge in [-0.1, -0.05) is 18.2 Å². The van der Waals surface area contributed by atoms with Gasteiger partial charge in [0, 0.05) is 63.5 Å². The van der Waals surface area contributed by atoms with Crippen molar-refractivity contribution in [2.45, 2.75) is 24.9 Å². The van der Waals surface area contributed by atoms with Gasteiger partial charge in [-0.15, -0.1) is 0 Å². The average Bonchev–Trinajstić information content (AvgIpc) is 3.31. The molecule has 3 aromatic rings. The molecular formula is C28H30N6O4. The third-order valence-electron chi connectivity index (χ3n) is 7.55. The first-order valence-electron chi connectivity index (χ1n) is 12.9. The first kappa shape index (κ1) is 24.2. The van der Waals surface area contributed by atoms with E-state index in [9.17, 15) is 9.59 Å². The number of ether oxygens (including phenoxy) is 2. The number of fused-ring (bicyclic) bond motifs is 1. The lowest BCUT2D eigenvalue weighted by atomic mass is 9.86. The van der Waals surface area contributed by atoms with E-state index in [0.717, 1.165) is 54.9 Å². The third-order valence-corrected chi connectivity index (χ3v) is 7.55. The van der Waals surface area contributed by atoms with Crippen molar-refractivity contribution in [1.29, 1.82) is 0 Å². The van der Waals surface area contributed by atoms with Crippen LogP contribution in [0, 0.1) is 0 Å². The van der Waals surface area contributed by atoms with Crippen LogP contribution in [0.4, 0.5) is 16.4 Å². The Morgan fingerprint density at radius 3 is 2.29 bits per heavy atom. The summed E-state index contributed by atoms with van der Waals surface area (Å²) in [6.45, 7) is 3.92. The number of nitrogens with zero attached hydrogens (tertiary/aromatic N) is 4. The van der Waals surface area contributed by atoms with E-state index >= 15 is 0 Å². The maximum absolute atomic E-state index is 12.5. The summed E-state index contributed by atoms with van der Waals surface area (Å²) in [5.41, 5.74) is 9.56. The molecule has 0 aliphatic carbocycles. The standard InChI is InChI=1S/C28H30N6O4/c29-25(35)22-17-30-26(31-18-22)33-9-7-28(8-10-33)16-21-15-20(3-6-24(21)38-28)19-1-4-23(5-2-19)32-27(36)34-11-13-37-14-12-34/h1-6,15,17-18H,7-14,16H2,(H2,29,35)(H,32,36). The predicted molar refractivity (Wildman–Crippen MR) is 142 cm³/mol. The van der Waals surface area contributed by atoms with Gasteiger partial charge in [-0.05, 0) is 41.0 Å². The molecule has 10 heteroatoms. The average molecular weight is 515 g/mol. The minimum Gasteiger partial charge on any atom is -0.487 e. The van der Waals surface area contributed by atoms with Crippen LogP contribution in [-0.2, 0) is 11.2 Å². The number of carbonyl (C=O) groups is 2. The number of rotatable bonds is 4. The van der Waals surface area contributed by atoms with Crippen LogP contribution in [0.15, 0.2) is 54.9 Å². The fraction of sp³-hybridized carbons (Fsp3) is 0.357. The summed E-state index contributed by atoms with van der Waals surface area (Å²) >= 11 is 0. The van der Waals surface area contributed by atoms with Crippen molar-refractivity contribution in [3.63, 3.8) is 0 Å². The van der Waals surface area contributed by atoms with Gasteiger partial charge >= 0.3 is 6.03 Å². The summed E-state index contributed by atoms with van der Waals surface area (Å²) in [5.74, 6) is 1.02. The molecule has 0 unspecified atom stereocenters. The van der Waals surface area contributed by atoms with Crippen LogP contribution in [-0.4, -0.2) is 71.8 Å². The third kappa shape index (κ3) is 4.87. The van der Waals surface area contributed by atoms with Gasteiger partial charge in [0.15, 0.2) is 0 Å². The smallest absolute Gasteiger partial charge is 0.321 e. The molecule has 3 aliphatic rings. The lowest BCUT2D eigenvalue weighted by Crippen LogP contribution is -2.47. The van der Waals surface area contributed by atoms with Crippen LogP contribution < -0.4 is 20.7 Å². The number of carbonyl (C=O) groups excluding carboxylic acids is 2. The topological polar surface area (TPSA) is 123 Å². The first-order valence-corrected chi connectivity index (χ1v) is 12.9. The molecule has 6 rings (SSSR count). The van der Waals surface area contributed by atoms with E-state index in [1.807, 2.05) is 24.3 Å². The zero-order valence-corrected chi connectivity index (χ0v) is 21.1. The van der Waals surface area contributed by atoms with Gasteiger partial charge in [0.25, 0.3) is 5.91 Å². The Labute approximate surface area is 220 Å². The molecular weight excluding hydrogens is 484 g/mol. The number of hydrogen-bond donors (Lipinski definition) is 2. The van der Waals surface area contributed by atoms with E-state index in [4.69, 9.17) is 15.2 Å². The zero-order chi connectivity index (χ0) is 26.1. The lowest BCUT2D eigenvalue weighted by Gasteiger charge is -2.38. The normalized spacial score (nSPS) is 18.1. The highest BCUT2D eigenvalue weighted by Crippen LogP contribution is 2.43. The molecule has 38 heavy (non-hydrogen) atoms. The van der Waals surface area contributed by atoms with Crippen molar-refractivity contribution in [2.24, 2.45) is 5.73 Å². The molecule has 2 saturated heterocycles. The Hall–Kier alpha value is -4.18. The minimum absolute atomic E-state index is 0.0960. The fourth-order valence-corrected chi connectivity index (χ4v) is 5.33. The number of morpholine rings is 1. The van der Waals surface area contributed by atoms with Gasteiger partial charge in [0.2, 0.25) is 5.95 Å². The monoisotopic (exact) mass is 514 g/mol. The Morgan fingerprint density at radius 2 is 1.61 bits per heavy atom. The van der Waals surface area contributed by atoms with E-state index < -0.39 is 5.91 Å². The summed E-state index contributed by atoms with van der Waals surface area (Å²) in [6.07, 6.45) is 5.52. The fourth-order valence-electron chi connectivity index (χ4n) is 5.33. The maximum Gasteiger partial charge on any atom is 0.321 e. The molecule has 3 amide bonds. The molecule has 1 aromatic heterocycles. The van der Waals surface area contributed by atoms with Gasteiger partial charge in [0.1, 0.15) is 11.4 Å². The summed E-state index contributed by atoms with van der Waals surface area (Å²) in [4.78, 5) is 36.2. The van der Waals surface area contributed by atoms with Crippen molar-refractivity contribution in [3.8, 4) is 16.9 Å². The first-order chi connectivity index (χ1) is 18.5. The molecule has 10 nitrogen and oxygen atoms in total. The van der Waals surface area contributed by atoms with Crippen LogP contribution in [0.25, 0.3) is 11.1 Å². The molecule has 196 valence electrons. The molecule has 2 aromatic carbocycles. The molecule has 1 spiro atoms. The summed E-state index contributed by atoms with van der Waals surface area (Å²) in [7, 11) is 0. The van der Waals surface area contributed by atoms with Gasteiger partial charge < -0.3 is 30.3 Å². The number of piperidine rings is 1. The Balaban J connectivity index is 1.08. The maximum atomic E-state index is 12.5. The molecule has 0 saturated carbocycles. The Bertz CT molecular complexity index is 1330. The van der Waals surface area contributed by atoms with E-state index in [2.05, 4.69) is 38.4 Å². The Morgan fingerprint density at radius 1 is 0.921 bits per heavy atom. The summed E-state index contributed by atoms with van der Waals surface area (Å²) < 4.78 is 11.8. The number of hydrogen-bond acceptors (Lipinski definition) is 7. The number of primary amides is 1. The molecule has 2 fully saturated rings. The minimum atomic E-state index is -0.530. The number of nitrogens with two attached hydrogens (primary N) is 1. The van der Waals surface area contributed by atoms with E-state index in [0.29, 0.717) is 37.8 Å². The largest absolute Gasteiger partial charge is 0.487 e. The SMILES string of the molecule is NC(=O)c1cnc(N2CCC3(CC2)Cc2cc(-c4ccc(NC(=O)N5CCOCC5)cc4)ccc2O3)nc1. The number of urea groups is 1. The highest BCUT2D eigenvalue weighted by molar-refractivity contribution is 5.92. The second-order valence-electron chi connectivity index (χ2n) is 10.0. The molecule has 0 bridgehead atoms. The summed E-state index contributed by atoms with van der Waals surface area (Å²) in [5, 5.41) is 2.97. The van der Waals surface area contributed by atoms with Crippen LogP contribution in [0.3, 0.4) is 0 Å². The van der Waals surface area contributed by atoms with Gasteiger partial charge in [-0.2, -0.15) is 0 Å². The zero-order valence-electron chi connectivity index (χ0n) is 21.1. The van der Waals surface area contributed by atoms with Crippen molar-refractivity contribution in [3.05, 3.63) is 66.0 Å². The van der Waals surface area contributed by atoms with Gasteiger partial charge in [0.05, 0.1) is 18.8 Å². The molecule has 0 radical (unpaired) electrons. The number of amides is 3. The molecule has 3 aliphatic heterocycles. The predicted octanol–water partition coefficient (Wildman–Crippen LogP) is 3.08. The van der Waals surface area contributed by atoms with Crippen molar-refractivity contribution < 1.29 is 19.1 Å². The number of aromatic nitrogens is 2. The van der Waals surface area contributed by atoms with Crippen LogP contribution in [0.1, 0.15) is 28.8 Å². The van der Waals surface area contributed by atoms with Crippen molar-refractivity contribution >= 4 is 23.6 Å². The van der Waals surface area contributed by atoms with Gasteiger partial charge in [-0.3, -0.25) is 4.79 Å². The van der Waals surface area contributed by atoms with Crippen molar-refractivity contribution in [1.82, 2.24) is 14.9 Å². The Kier molecular flexibility index (Phi) is 6.32. The van der Waals surface area contributed by atoms with Gasteiger partial charge in [-0.25, -0.2) is 14.8 Å². The molecule has 4 heterocycles. The number of nitrogens with one attached hydrogen (secondary N) is 1. The number of benzene rings is 2. The highest BCUT2D eigenvalue weighted by Gasteiger charge is 2.42. The van der Waals surface area contributed by atoms with Crippen LogP contribution >= 0.6 is 0 Å². The highest BCUT2D eigenvalue weighted by atomic mass is 16.5.